The minimum Gasteiger partial charge on any atom is -0.487 e. The molecule has 0 radical (unpaired) electrons. The molecule has 0 bridgehead atoms. The maximum absolute atomic E-state index is 6.13. The lowest BCUT2D eigenvalue weighted by Crippen LogP contribution is -2.23. The lowest BCUT2D eigenvalue weighted by Gasteiger charge is -2.14. The van der Waals surface area contributed by atoms with Gasteiger partial charge in [0.25, 0.3) is 0 Å². The summed E-state index contributed by atoms with van der Waals surface area (Å²) in [6, 6.07) is 7.55. The lowest BCUT2D eigenvalue weighted by atomic mass is 10.2. The van der Waals surface area contributed by atoms with Crippen LogP contribution in [-0.2, 0) is 0 Å². The molecule has 1 heterocycles. The highest BCUT2D eigenvalue weighted by molar-refractivity contribution is 6.35. The number of pyridine rings is 1. The minimum absolute atomic E-state index is 0.0401. The van der Waals surface area contributed by atoms with Gasteiger partial charge in [-0.25, -0.2) is 4.98 Å². The van der Waals surface area contributed by atoms with E-state index in [1.165, 1.54) is 0 Å². The molecule has 90 valence electrons. The predicted octanol–water partition coefficient (Wildman–Crippen LogP) is 2.92. The lowest BCUT2D eigenvalue weighted by molar-refractivity contribution is 0.232. The van der Waals surface area contributed by atoms with Crippen LogP contribution in [-0.4, -0.2) is 17.6 Å². The molecule has 1 unspecified atom stereocenters. The number of aryl methyl sites for hydroxylation is 1. The molecule has 0 saturated heterocycles. The number of ether oxygens (including phenoxy) is 1. The van der Waals surface area contributed by atoms with E-state index in [-0.39, 0.29) is 6.10 Å². The molecule has 2 aromatic rings. The molecule has 2 N–H and O–H groups in total. The van der Waals surface area contributed by atoms with Gasteiger partial charge in [-0.1, -0.05) is 11.6 Å². The summed E-state index contributed by atoms with van der Waals surface area (Å²) < 4.78 is 5.74. The average Bonchev–Trinajstić information content (AvgIpc) is 2.32. The van der Waals surface area contributed by atoms with Crippen molar-refractivity contribution < 1.29 is 4.74 Å². The second-order valence-electron chi connectivity index (χ2n) is 4.06. The van der Waals surface area contributed by atoms with Crippen molar-refractivity contribution in [3.8, 4) is 5.75 Å². The Balaban J connectivity index is 2.55. The number of hydrogen-bond donors (Lipinski definition) is 1. The van der Waals surface area contributed by atoms with Gasteiger partial charge >= 0.3 is 0 Å². The van der Waals surface area contributed by atoms with E-state index in [2.05, 4.69) is 4.98 Å². The maximum atomic E-state index is 6.13. The molecule has 0 amide bonds. The van der Waals surface area contributed by atoms with Gasteiger partial charge in [0, 0.05) is 17.6 Å². The number of benzene rings is 1. The third-order valence-corrected chi connectivity index (χ3v) is 2.90. The van der Waals surface area contributed by atoms with Crippen LogP contribution in [0.5, 0.6) is 5.75 Å². The second-order valence-corrected chi connectivity index (χ2v) is 4.47. The van der Waals surface area contributed by atoms with Gasteiger partial charge in [-0.15, -0.1) is 0 Å². The van der Waals surface area contributed by atoms with Gasteiger partial charge in [-0.2, -0.15) is 0 Å². The van der Waals surface area contributed by atoms with E-state index in [0.717, 1.165) is 22.3 Å². The molecular formula is C13H15ClN2O. The number of rotatable bonds is 3. The van der Waals surface area contributed by atoms with Gasteiger partial charge in [0.15, 0.2) is 0 Å². The Morgan fingerprint density at radius 1 is 1.35 bits per heavy atom. The van der Waals surface area contributed by atoms with E-state index >= 15 is 0 Å². The van der Waals surface area contributed by atoms with Crippen LogP contribution in [0.1, 0.15) is 12.6 Å². The Morgan fingerprint density at radius 2 is 2.12 bits per heavy atom. The number of halogens is 1. The van der Waals surface area contributed by atoms with E-state index < -0.39 is 0 Å². The summed E-state index contributed by atoms with van der Waals surface area (Å²) in [6.45, 7) is 4.34. The van der Waals surface area contributed by atoms with E-state index in [1.54, 1.807) is 0 Å². The Morgan fingerprint density at radius 3 is 2.82 bits per heavy atom. The summed E-state index contributed by atoms with van der Waals surface area (Å²) in [6.07, 6.45) is -0.0401. The largest absolute Gasteiger partial charge is 0.487 e. The minimum atomic E-state index is -0.0401. The summed E-state index contributed by atoms with van der Waals surface area (Å²) >= 11 is 6.13. The van der Waals surface area contributed by atoms with Crippen molar-refractivity contribution in [3.05, 3.63) is 35.0 Å². The maximum Gasteiger partial charge on any atom is 0.146 e. The molecular weight excluding hydrogens is 236 g/mol. The average molecular weight is 251 g/mol. The quantitative estimate of drug-likeness (QED) is 0.911. The van der Waals surface area contributed by atoms with E-state index in [0.29, 0.717) is 11.6 Å². The van der Waals surface area contributed by atoms with E-state index in [4.69, 9.17) is 22.1 Å². The third kappa shape index (κ3) is 2.51. The fraction of sp³-hybridized carbons (Fsp3) is 0.308. The molecule has 0 fully saturated rings. The zero-order chi connectivity index (χ0) is 12.4. The number of hydrogen-bond acceptors (Lipinski definition) is 3. The van der Waals surface area contributed by atoms with Gasteiger partial charge in [0.1, 0.15) is 17.4 Å². The van der Waals surface area contributed by atoms with Crippen molar-refractivity contribution in [1.82, 2.24) is 4.98 Å². The van der Waals surface area contributed by atoms with E-state index in [9.17, 15) is 0 Å². The number of aromatic nitrogens is 1. The van der Waals surface area contributed by atoms with Crippen LogP contribution in [0.3, 0.4) is 0 Å². The zero-order valence-electron chi connectivity index (χ0n) is 9.90. The summed E-state index contributed by atoms with van der Waals surface area (Å²) in [7, 11) is 0. The summed E-state index contributed by atoms with van der Waals surface area (Å²) in [4.78, 5) is 4.47. The molecule has 3 nitrogen and oxygen atoms in total. The van der Waals surface area contributed by atoms with Crippen molar-refractivity contribution >= 4 is 22.5 Å². The smallest absolute Gasteiger partial charge is 0.146 e. The molecule has 1 atom stereocenters. The third-order valence-electron chi connectivity index (χ3n) is 2.57. The van der Waals surface area contributed by atoms with Crippen molar-refractivity contribution in [3.63, 3.8) is 0 Å². The van der Waals surface area contributed by atoms with Crippen LogP contribution in [0.2, 0.25) is 5.02 Å². The molecule has 0 aliphatic rings. The van der Waals surface area contributed by atoms with Gasteiger partial charge in [0.05, 0.1) is 5.02 Å². The fourth-order valence-corrected chi connectivity index (χ4v) is 1.83. The monoisotopic (exact) mass is 250 g/mol. The standard InChI is InChI=1S/C13H15ClN2O/c1-8-3-4-10-11(14)5-6-12(13(10)16-8)17-9(2)7-15/h3-6,9H,7,15H2,1-2H3. The van der Waals surface area contributed by atoms with Crippen LogP contribution in [0, 0.1) is 6.92 Å². The first kappa shape index (κ1) is 12.1. The Labute approximate surface area is 106 Å². The van der Waals surface area contributed by atoms with E-state index in [1.807, 2.05) is 38.1 Å². The highest BCUT2D eigenvalue weighted by atomic mass is 35.5. The van der Waals surface area contributed by atoms with Crippen LogP contribution in [0.15, 0.2) is 24.3 Å². The normalized spacial score (nSPS) is 12.7. The van der Waals surface area contributed by atoms with Crippen LogP contribution in [0.4, 0.5) is 0 Å². The van der Waals surface area contributed by atoms with Crippen molar-refractivity contribution in [2.24, 2.45) is 5.73 Å². The van der Waals surface area contributed by atoms with Crippen molar-refractivity contribution in [1.29, 1.82) is 0 Å². The van der Waals surface area contributed by atoms with Crippen LogP contribution < -0.4 is 10.5 Å². The Kier molecular flexibility index (Phi) is 3.50. The van der Waals surface area contributed by atoms with Crippen LogP contribution in [0.25, 0.3) is 10.9 Å². The predicted molar refractivity (Wildman–Crippen MR) is 70.6 cm³/mol. The summed E-state index contributed by atoms with van der Waals surface area (Å²) in [5.74, 6) is 0.728. The topological polar surface area (TPSA) is 48.1 Å². The summed E-state index contributed by atoms with van der Waals surface area (Å²) in [5.41, 5.74) is 7.28. The van der Waals surface area contributed by atoms with Gasteiger partial charge in [-0.3, -0.25) is 0 Å². The van der Waals surface area contributed by atoms with Crippen LogP contribution >= 0.6 is 11.6 Å². The highest BCUT2D eigenvalue weighted by Crippen LogP contribution is 2.30. The Bertz CT molecular complexity index is 542. The summed E-state index contributed by atoms with van der Waals surface area (Å²) in [5, 5.41) is 1.58. The molecule has 4 heteroatoms. The first-order chi connectivity index (χ1) is 8.11. The molecule has 2 rings (SSSR count). The Hall–Kier alpha value is -1.32. The number of nitrogens with two attached hydrogens (primary N) is 1. The first-order valence-electron chi connectivity index (χ1n) is 5.54. The highest BCUT2D eigenvalue weighted by Gasteiger charge is 2.10. The molecule has 0 saturated carbocycles. The van der Waals surface area contributed by atoms with Gasteiger partial charge in [-0.05, 0) is 38.1 Å². The molecule has 1 aromatic carbocycles. The van der Waals surface area contributed by atoms with Gasteiger partial charge < -0.3 is 10.5 Å². The fourth-order valence-electron chi connectivity index (χ4n) is 1.61. The molecule has 0 aliphatic heterocycles. The van der Waals surface area contributed by atoms with Gasteiger partial charge in [0.2, 0.25) is 0 Å². The molecule has 0 spiro atoms. The number of fused-ring (bicyclic) bond motifs is 1. The molecule has 0 aliphatic carbocycles. The molecule has 1 aromatic heterocycles. The van der Waals surface area contributed by atoms with Crippen molar-refractivity contribution in [2.45, 2.75) is 20.0 Å². The molecule has 17 heavy (non-hydrogen) atoms. The second kappa shape index (κ2) is 4.90. The first-order valence-corrected chi connectivity index (χ1v) is 5.92. The SMILES string of the molecule is Cc1ccc2c(Cl)ccc(OC(C)CN)c2n1. The van der Waals surface area contributed by atoms with Crippen molar-refractivity contribution in [2.75, 3.05) is 6.54 Å². The zero-order valence-corrected chi connectivity index (χ0v) is 10.7. The number of nitrogens with zero attached hydrogens (tertiary/aromatic N) is 1.